The summed E-state index contributed by atoms with van der Waals surface area (Å²) >= 11 is 0. The number of aryl methyl sites for hydroxylation is 1. The number of aromatic nitrogens is 4. The smallest absolute Gasteiger partial charge is 0.227 e. The monoisotopic (exact) mass is 491 g/mol. The second-order valence-electron chi connectivity index (χ2n) is 9.51. The maximum Gasteiger partial charge on any atom is 0.227 e. The lowest BCUT2D eigenvalue weighted by atomic mass is 10.1. The van der Waals surface area contributed by atoms with Gasteiger partial charge in [0, 0.05) is 43.0 Å². The van der Waals surface area contributed by atoms with Crippen LogP contribution in [-0.4, -0.2) is 51.8 Å². The third kappa shape index (κ3) is 3.81. The Morgan fingerprint density at radius 2 is 2.00 bits per heavy atom. The number of fused-ring (bicyclic) bond motifs is 4. The van der Waals surface area contributed by atoms with Crippen LogP contribution in [0.2, 0.25) is 0 Å². The van der Waals surface area contributed by atoms with Crippen molar-refractivity contribution in [3.05, 3.63) is 54.0 Å². The van der Waals surface area contributed by atoms with Gasteiger partial charge in [0.15, 0.2) is 11.6 Å². The molecule has 1 atom stereocenters. The van der Waals surface area contributed by atoms with Crippen LogP contribution in [-0.2, 0) is 0 Å². The molecule has 1 fully saturated rings. The van der Waals surface area contributed by atoms with E-state index in [2.05, 4.69) is 30.5 Å². The molecular weight excluding hydrogens is 464 g/mol. The predicted molar refractivity (Wildman–Crippen MR) is 135 cm³/mol. The Bertz CT molecular complexity index is 1470. The molecule has 8 nitrogen and oxygen atoms in total. The number of ether oxygens (including phenoxy) is 1. The van der Waals surface area contributed by atoms with E-state index in [1.54, 1.807) is 6.07 Å². The van der Waals surface area contributed by atoms with E-state index in [0.29, 0.717) is 29.6 Å². The number of nitrogens with zero attached hydrogens (tertiary/aromatic N) is 5. The van der Waals surface area contributed by atoms with Crippen LogP contribution in [0.25, 0.3) is 22.3 Å². The molecule has 0 bridgehead atoms. The van der Waals surface area contributed by atoms with E-state index < -0.39 is 11.6 Å². The Balaban J connectivity index is 1.33. The quantitative estimate of drug-likeness (QED) is 0.433. The lowest BCUT2D eigenvalue weighted by molar-refractivity contribution is 0.247. The van der Waals surface area contributed by atoms with E-state index in [0.717, 1.165) is 43.0 Å². The first-order valence-corrected chi connectivity index (χ1v) is 12.1. The molecule has 36 heavy (non-hydrogen) atoms. The van der Waals surface area contributed by atoms with Crippen molar-refractivity contribution in [2.45, 2.75) is 32.9 Å². The minimum Gasteiger partial charge on any atom is -0.489 e. The highest BCUT2D eigenvalue weighted by atomic mass is 19.1. The number of imidazole rings is 1. The Morgan fingerprint density at radius 1 is 1.14 bits per heavy atom. The molecular formula is C26H27F2N7O. The van der Waals surface area contributed by atoms with Gasteiger partial charge in [0.1, 0.15) is 29.4 Å². The molecule has 2 aliphatic heterocycles. The summed E-state index contributed by atoms with van der Waals surface area (Å²) in [6.07, 6.45) is 1.10. The van der Waals surface area contributed by atoms with Gasteiger partial charge < -0.3 is 24.8 Å². The largest absolute Gasteiger partial charge is 0.489 e. The van der Waals surface area contributed by atoms with Crippen molar-refractivity contribution < 1.29 is 13.5 Å². The van der Waals surface area contributed by atoms with Gasteiger partial charge in [-0.15, -0.1) is 0 Å². The SMILES string of the molecule is Cc1nc2c(F)cc(-c3nc(Nc4ccc5c(c4)OCC4CNCCN54)ncc3F)cc2n1C(C)C. The number of hydrogen-bond donors (Lipinski definition) is 2. The minimum atomic E-state index is -0.634. The summed E-state index contributed by atoms with van der Waals surface area (Å²) in [5.41, 5.74) is 2.97. The van der Waals surface area contributed by atoms with E-state index >= 15 is 0 Å². The minimum absolute atomic E-state index is 0.0142. The van der Waals surface area contributed by atoms with Gasteiger partial charge in [-0.25, -0.2) is 23.7 Å². The standard InChI is InChI=1S/C26H27F2N7O/c1-14(2)35-15(3)31-25-19(27)8-16(9-22(25)35)24-20(28)12-30-26(33-24)32-17-4-5-21-23(10-17)36-13-18-11-29-6-7-34(18)21/h4-5,8-10,12,14,18,29H,6-7,11,13H2,1-3H3,(H,30,32,33). The summed E-state index contributed by atoms with van der Waals surface area (Å²) < 4.78 is 37.7. The normalized spacial score (nSPS) is 17.2. The van der Waals surface area contributed by atoms with E-state index in [1.165, 1.54) is 6.07 Å². The summed E-state index contributed by atoms with van der Waals surface area (Å²) in [5.74, 6) is 0.533. The lowest BCUT2D eigenvalue weighted by Crippen LogP contribution is -2.55. The van der Waals surface area contributed by atoms with Gasteiger partial charge in [0.2, 0.25) is 5.95 Å². The second-order valence-corrected chi connectivity index (χ2v) is 9.51. The molecule has 186 valence electrons. The van der Waals surface area contributed by atoms with Crippen molar-refractivity contribution in [3.8, 4) is 17.0 Å². The summed E-state index contributed by atoms with van der Waals surface area (Å²) in [7, 11) is 0. The number of rotatable bonds is 4. The van der Waals surface area contributed by atoms with Crippen LogP contribution >= 0.6 is 0 Å². The first-order chi connectivity index (χ1) is 17.4. The molecule has 1 saturated heterocycles. The molecule has 0 aliphatic carbocycles. The van der Waals surface area contributed by atoms with E-state index in [9.17, 15) is 8.78 Å². The van der Waals surface area contributed by atoms with Gasteiger partial charge in [-0.05, 0) is 45.0 Å². The van der Waals surface area contributed by atoms with Crippen molar-refractivity contribution in [1.82, 2.24) is 24.8 Å². The molecule has 6 rings (SSSR count). The summed E-state index contributed by atoms with van der Waals surface area (Å²) in [6.45, 7) is 9.20. The van der Waals surface area contributed by atoms with Crippen LogP contribution in [0.3, 0.4) is 0 Å². The first-order valence-electron chi connectivity index (χ1n) is 12.1. The Hall–Kier alpha value is -3.79. The number of benzene rings is 2. The molecule has 2 aromatic carbocycles. The third-order valence-electron chi connectivity index (χ3n) is 6.77. The fourth-order valence-electron chi connectivity index (χ4n) is 5.17. The molecule has 2 aromatic heterocycles. The molecule has 0 amide bonds. The van der Waals surface area contributed by atoms with Gasteiger partial charge in [-0.2, -0.15) is 0 Å². The van der Waals surface area contributed by atoms with Crippen molar-refractivity contribution in [1.29, 1.82) is 0 Å². The van der Waals surface area contributed by atoms with Gasteiger partial charge in [-0.1, -0.05) is 0 Å². The number of anilines is 3. The Labute approximate surface area is 207 Å². The highest BCUT2D eigenvalue weighted by Gasteiger charge is 2.29. The van der Waals surface area contributed by atoms with E-state index in [4.69, 9.17) is 4.74 Å². The average Bonchev–Trinajstić information content (AvgIpc) is 3.21. The van der Waals surface area contributed by atoms with Crippen LogP contribution in [0.5, 0.6) is 5.75 Å². The molecule has 4 heterocycles. The van der Waals surface area contributed by atoms with Crippen molar-refractivity contribution in [3.63, 3.8) is 0 Å². The Morgan fingerprint density at radius 3 is 2.83 bits per heavy atom. The third-order valence-corrected chi connectivity index (χ3v) is 6.77. The van der Waals surface area contributed by atoms with Gasteiger partial charge in [0.05, 0.1) is 23.4 Å². The highest BCUT2D eigenvalue weighted by molar-refractivity contribution is 5.83. The number of nitrogens with one attached hydrogen (secondary N) is 2. The van der Waals surface area contributed by atoms with Gasteiger partial charge >= 0.3 is 0 Å². The topological polar surface area (TPSA) is 80.1 Å². The van der Waals surface area contributed by atoms with Crippen LogP contribution in [0.15, 0.2) is 36.5 Å². The second kappa shape index (κ2) is 8.70. The van der Waals surface area contributed by atoms with Crippen LogP contribution < -0.4 is 20.3 Å². The average molecular weight is 492 g/mol. The fourth-order valence-corrected chi connectivity index (χ4v) is 5.17. The summed E-state index contributed by atoms with van der Waals surface area (Å²) in [5, 5.41) is 6.53. The summed E-state index contributed by atoms with van der Waals surface area (Å²) in [6, 6.07) is 9.22. The van der Waals surface area contributed by atoms with E-state index in [1.807, 2.05) is 43.5 Å². The highest BCUT2D eigenvalue weighted by Crippen LogP contribution is 2.37. The zero-order chi connectivity index (χ0) is 25.0. The van der Waals surface area contributed by atoms with E-state index in [-0.39, 0.29) is 23.2 Å². The maximum atomic E-state index is 15.0. The number of piperazine rings is 1. The van der Waals surface area contributed by atoms with Crippen molar-refractivity contribution >= 4 is 28.4 Å². The van der Waals surface area contributed by atoms with Crippen molar-refractivity contribution in [2.24, 2.45) is 0 Å². The summed E-state index contributed by atoms with van der Waals surface area (Å²) in [4.78, 5) is 15.2. The molecule has 2 N–H and O–H groups in total. The van der Waals surface area contributed by atoms with Gasteiger partial charge in [0.25, 0.3) is 0 Å². The first kappa shape index (κ1) is 22.7. The molecule has 10 heteroatoms. The van der Waals surface area contributed by atoms with Crippen LogP contribution in [0.4, 0.5) is 26.1 Å². The fraction of sp³-hybridized carbons (Fsp3) is 0.346. The molecule has 2 aliphatic rings. The molecule has 1 unspecified atom stereocenters. The van der Waals surface area contributed by atoms with Crippen LogP contribution in [0, 0.1) is 18.6 Å². The molecule has 0 radical (unpaired) electrons. The van der Waals surface area contributed by atoms with Crippen LogP contribution in [0.1, 0.15) is 25.7 Å². The predicted octanol–water partition coefficient (Wildman–Crippen LogP) is 4.58. The lowest BCUT2D eigenvalue weighted by Gasteiger charge is -2.42. The zero-order valence-electron chi connectivity index (χ0n) is 20.3. The molecule has 0 saturated carbocycles. The zero-order valence-corrected chi connectivity index (χ0v) is 20.3. The van der Waals surface area contributed by atoms with Crippen molar-refractivity contribution in [2.75, 3.05) is 36.5 Å². The van der Waals surface area contributed by atoms with Gasteiger partial charge in [-0.3, -0.25) is 0 Å². The number of halogens is 2. The molecule has 0 spiro atoms. The maximum absolute atomic E-state index is 15.0. The molecule has 4 aromatic rings. The Kier molecular flexibility index (Phi) is 5.48. The number of hydrogen-bond acceptors (Lipinski definition) is 7.